The van der Waals surface area contributed by atoms with Gasteiger partial charge < -0.3 is 0 Å². The lowest BCUT2D eigenvalue weighted by molar-refractivity contribution is 0.590. The summed E-state index contributed by atoms with van der Waals surface area (Å²) in [6.45, 7) is 0.708. The van der Waals surface area contributed by atoms with Crippen LogP contribution in [0.4, 0.5) is 13.2 Å². The first-order valence-corrected chi connectivity index (χ1v) is 20.2. The average Bonchev–Trinajstić information content (AvgIpc) is 3.28. The summed E-state index contributed by atoms with van der Waals surface area (Å²) in [5, 5.41) is 6.35. The average molecular weight is 898 g/mol. The fraction of sp³-hybridized carbons (Fsp3) is 0.0408. The molecule has 0 fully saturated rings. The van der Waals surface area contributed by atoms with E-state index in [-0.39, 0.29) is 34.2 Å². The molecule has 0 saturated heterocycles. The van der Waals surface area contributed by atoms with E-state index in [1.807, 2.05) is 84.9 Å². The SMILES string of the molecule is Fc1cc(-c2nc(-c3cc(F)c(-c4cnc5c6c(ccc5c4)=CCCN=6)c(I)c3)nc(-c3ccc4ccccc4c3)n2)cc(F)c1-c1cnc2c(ccc3cccnc32)c1. The van der Waals surface area contributed by atoms with E-state index in [4.69, 9.17) is 19.9 Å². The number of pyridine rings is 3. The molecule has 0 unspecified atom stereocenters. The van der Waals surface area contributed by atoms with Crippen LogP contribution in [-0.2, 0) is 0 Å². The number of hydrogen-bond donors (Lipinski definition) is 0. The lowest BCUT2D eigenvalue weighted by Gasteiger charge is -2.13. The van der Waals surface area contributed by atoms with Gasteiger partial charge in [0.2, 0.25) is 0 Å². The van der Waals surface area contributed by atoms with Gasteiger partial charge >= 0.3 is 0 Å². The van der Waals surface area contributed by atoms with Gasteiger partial charge in [-0.2, -0.15) is 0 Å². The second-order valence-corrected chi connectivity index (χ2v) is 15.8. The van der Waals surface area contributed by atoms with Crippen LogP contribution in [0.5, 0.6) is 0 Å². The minimum Gasteiger partial charge on any atom is -0.282 e. The van der Waals surface area contributed by atoms with Crippen molar-refractivity contribution >= 4 is 72.1 Å². The van der Waals surface area contributed by atoms with Crippen molar-refractivity contribution in [1.29, 1.82) is 0 Å². The van der Waals surface area contributed by atoms with Crippen molar-refractivity contribution in [2.45, 2.75) is 6.42 Å². The summed E-state index contributed by atoms with van der Waals surface area (Å²) in [7, 11) is 0. The number of benzene rings is 6. The minimum atomic E-state index is -0.819. The normalized spacial score (nSPS) is 12.5. The molecule has 11 rings (SSSR count). The molecule has 1 aliphatic rings. The monoisotopic (exact) mass is 897 g/mol. The highest BCUT2D eigenvalue weighted by molar-refractivity contribution is 14.1. The van der Waals surface area contributed by atoms with Crippen molar-refractivity contribution in [1.82, 2.24) is 29.9 Å². The van der Waals surface area contributed by atoms with Crippen LogP contribution in [0.3, 0.4) is 0 Å². The third-order valence-electron chi connectivity index (χ3n) is 10.9. The number of rotatable bonds is 5. The second kappa shape index (κ2) is 14.4. The zero-order chi connectivity index (χ0) is 40.5. The Morgan fingerprint density at radius 3 is 1.80 bits per heavy atom. The number of hydrogen-bond acceptors (Lipinski definition) is 7. The molecule has 10 aromatic rings. The molecular formula is C49H27F3IN7. The van der Waals surface area contributed by atoms with Crippen molar-refractivity contribution in [2.75, 3.05) is 6.54 Å². The first-order valence-electron chi connectivity index (χ1n) is 19.2. The number of nitrogens with zero attached hydrogens (tertiary/aromatic N) is 7. The molecule has 0 aliphatic carbocycles. The lowest BCUT2D eigenvalue weighted by Crippen LogP contribution is -2.29. The van der Waals surface area contributed by atoms with Gasteiger partial charge in [-0.15, -0.1) is 0 Å². The van der Waals surface area contributed by atoms with Gasteiger partial charge in [0.1, 0.15) is 17.5 Å². The molecule has 1 aliphatic heterocycles. The van der Waals surface area contributed by atoms with Crippen LogP contribution in [-0.4, -0.2) is 36.4 Å². The highest BCUT2D eigenvalue weighted by Gasteiger charge is 2.21. The van der Waals surface area contributed by atoms with Crippen LogP contribution in [0, 0.1) is 21.0 Å². The van der Waals surface area contributed by atoms with Gasteiger partial charge in [-0.1, -0.05) is 72.8 Å². The zero-order valence-corrected chi connectivity index (χ0v) is 33.5. The fourth-order valence-corrected chi connectivity index (χ4v) is 8.89. The lowest BCUT2D eigenvalue weighted by atomic mass is 10.0. The van der Waals surface area contributed by atoms with Gasteiger partial charge in [0.05, 0.1) is 27.5 Å². The Balaban J connectivity index is 1.03. The largest absolute Gasteiger partial charge is 0.282 e. The minimum absolute atomic E-state index is 0.0194. The molecular weight excluding hydrogens is 870 g/mol. The van der Waals surface area contributed by atoms with Crippen LogP contribution in [0.2, 0.25) is 0 Å². The van der Waals surface area contributed by atoms with Crippen molar-refractivity contribution in [3.05, 3.63) is 165 Å². The topological polar surface area (TPSA) is 89.7 Å². The Bertz CT molecular complexity index is 3530. The van der Waals surface area contributed by atoms with Gasteiger partial charge in [-0.3, -0.25) is 19.9 Å². The van der Waals surface area contributed by atoms with E-state index < -0.39 is 17.5 Å². The van der Waals surface area contributed by atoms with E-state index >= 15 is 13.2 Å². The molecule has 0 bridgehead atoms. The van der Waals surface area contributed by atoms with E-state index in [1.54, 1.807) is 24.5 Å². The third-order valence-corrected chi connectivity index (χ3v) is 11.7. The van der Waals surface area contributed by atoms with Crippen LogP contribution < -0.4 is 10.6 Å². The summed E-state index contributed by atoms with van der Waals surface area (Å²) in [5.74, 6) is -1.73. The first kappa shape index (κ1) is 36.1. The van der Waals surface area contributed by atoms with E-state index in [0.717, 1.165) is 44.1 Å². The Kier molecular flexibility index (Phi) is 8.66. The summed E-state index contributed by atoms with van der Waals surface area (Å²) in [6, 6.07) is 34.4. The molecule has 60 heavy (non-hydrogen) atoms. The molecule has 7 nitrogen and oxygen atoms in total. The van der Waals surface area contributed by atoms with Gasteiger partial charge in [-0.05, 0) is 93.5 Å². The van der Waals surface area contributed by atoms with E-state index in [1.165, 1.54) is 24.4 Å². The van der Waals surface area contributed by atoms with Crippen molar-refractivity contribution in [2.24, 2.45) is 4.99 Å². The Labute approximate surface area is 353 Å². The Hall–Kier alpha value is -6.99. The van der Waals surface area contributed by atoms with Crippen LogP contribution in [0.15, 0.2) is 139 Å². The molecule has 0 N–H and O–H groups in total. The van der Waals surface area contributed by atoms with E-state index in [0.29, 0.717) is 48.8 Å². The molecule has 6 aromatic carbocycles. The van der Waals surface area contributed by atoms with E-state index in [9.17, 15) is 0 Å². The maximum Gasteiger partial charge on any atom is 0.164 e. The predicted octanol–water partition coefficient (Wildman–Crippen LogP) is 10.8. The molecule has 286 valence electrons. The van der Waals surface area contributed by atoms with E-state index in [2.05, 4.69) is 43.6 Å². The second-order valence-electron chi connectivity index (χ2n) is 14.6. The highest BCUT2D eigenvalue weighted by Crippen LogP contribution is 2.36. The smallest absolute Gasteiger partial charge is 0.164 e. The molecule has 0 spiro atoms. The molecule has 4 aromatic heterocycles. The van der Waals surface area contributed by atoms with Crippen molar-refractivity contribution in [3.63, 3.8) is 0 Å². The Morgan fingerprint density at radius 2 is 1.03 bits per heavy atom. The quantitative estimate of drug-likeness (QED) is 0.126. The van der Waals surface area contributed by atoms with Gasteiger partial charge in [0.15, 0.2) is 17.5 Å². The van der Waals surface area contributed by atoms with Crippen LogP contribution in [0.25, 0.3) is 106 Å². The standard InChI is InChI=1S/C49H27F3IN7/c50-37-20-33(21-38(51)41(37)35-18-30-12-10-27-7-3-15-54-43(27)45(30)56-24-35)48-58-47(32-14-9-26-5-1-2-6-29(26)17-32)59-49(60-48)34-22-39(52)42(40(53)23-34)36-19-31-13-11-28-8-4-16-55-44(28)46(31)57-25-36/h1-3,5-15,17-25H,4,16H2. The van der Waals surface area contributed by atoms with Crippen molar-refractivity contribution < 1.29 is 13.2 Å². The maximum atomic E-state index is 16.4. The third kappa shape index (κ3) is 6.24. The van der Waals surface area contributed by atoms with Crippen molar-refractivity contribution in [3.8, 4) is 56.4 Å². The summed E-state index contributed by atoms with van der Waals surface area (Å²) < 4.78 is 49.5. The first-order chi connectivity index (χ1) is 29.3. The number of aromatic nitrogens is 6. The molecule has 0 amide bonds. The molecule has 0 saturated carbocycles. The maximum absolute atomic E-state index is 16.4. The Morgan fingerprint density at radius 1 is 0.467 bits per heavy atom. The van der Waals surface area contributed by atoms with Crippen LogP contribution >= 0.6 is 22.6 Å². The molecule has 0 radical (unpaired) electrons. The van der Waals surface area contributed by atoms with Gasteiger partial charge in [0.25, 0.3) is 0 Å². The van der Waals surface area contributed by atoms with Crippen LogP contribution in [0.1, 0.15) is 6.42 Å². The highest BCUT2D eigenvalue weighted by atomic mass is 127. The fourth-order valence-electron chi connectivity index (χ4n) is 7.99. The summed E-state index contributed by atoms with van der Waals surface area (Å²) in [4.78, 5) is 32.7. The number of halogens is 4. The molecule has 0 atom stereocenters. The predicted molar refractivity (Wildman–Crippen MR) is 238 cm³/mol. The summed E-state index contributed by atoms with van der Waals surface area (Å²) >= 11 is 2.11. The molecule has 11 heteroatoms. The summed E-state index contributed by atoms with van der Waals surface area (Å²) in [5.41, 5.74) is 4.25. The summed E-state index contributed by atoms with van der Waals surface area (Å²) in [6.07, 6.45) is 7.85. The molecule has 5 heterocycles. The van der Waals surface area contributed by atoms with Gasteiger partial charge in [-0.25, -0.2) is 28.1 Å². The van der Waals surface area contributed by atoms with Gasteiger partial charge in [0, 0.05) is 78.2 Å². The number of fused-ring (bicyclic) bond motifs is 7. The zero-order valence-electron chi connectivity index (χ0n) is 31.3.